The summed E-state index contributed by atoms with van der Waals surface area (Å²) in [5.41, 5.74) is 9.43. The van der Waals surface area contributed by atoms with Gasteiger partial charge in [-0.05, 0) is 32.4 Å². The fourth-order valence-electron chi connectivity index (χ4n) is 2.30. The second kappa shape index (κ2) is 5.50. The highest BCUT2D eigenvalue weighted by Crippen LogP contribution is 2.27. The van der Waals surface area contributed by atoms with Crippen molar-refractivity contribution < 1.29 is 8.42 Å². The Morgan fingerprint density at radius 1 is 1.29 bits per heavy atom. The molecule has 0 saturated heterocycles. The summed E-state index contributed by atoms with van der Waals surface area (Å²) in [5, 5.41) is 6.60. The molecule has 0 aliphatic carbocycles. The fraction of sp³-hybridized carbons (Fsp3) is 0.357. The molecular weight excluding hydrogens is 288 g/mol. The van der Waals surface area contributed by atoms with Crippen molar-refractivity contribution in [2.45, 2.75) is 32.3 Å². The van der Waals surface area contributed by atoms with Crippen molar-refractivity contribution in [3.8, 4) is 0 Å². The second-order valence-electron chi connectivity index (χ2n) is 5.10. The van der Waals surface area contributed by atoms with Gasteiger partial charge in [0.2, 0.25) is 5.03 Å². The Hall–Kier alpha value is -1.86. The topological polar surface area (TPSA) is 92.1 Å². The van der Waals surface area contributed by atoms with Crippen molar-refractivity contribution in [3.05, 3.63) is 40.6 Å². The van der Waals surface area contributed by atoms with E-state index in [4.69, 9.17) is 5.73 Å². The molecular formula is C14H20N4O2S. The molecule has 2 rings (SSSR count). The number of nitrogens with one attached hydrogen (secondary N) is 1. The fourth-order valence-corrected chi connectivity index (χ4v) is 3.73. The van der Waals surface area contributed by atoms with Gasteiger partial charge in [0.15, 0.2) is 0 Å². The van der Waals surface area contributed by atoms with Crippen LogP contribution in [0.25, 0.3) is 0 Å². The van der Waals surface area contributed by atoms with Crippen LogP contribution in [0.2, 0.25) is 0 Å². The average Bonchev–Trinajstić information content (AvgIpc) is 2.79. The van der Waals surface area contributed by atoms with Crippen molar-refractivity contribution in [1.29, 1.82) is 0 Å². The minimum Gasteiger partial charge on any atom is -0.326 e. The van der Waals surface area contributed by atoms with Crippen molar-refractivity contribution >= 4 is 15.7 Å². The zero-order valence-corrected chi connectivity index (χ0v) is 13.5. The number of hydrogen-bond donors (Lipinski definition) is 2. The number of rotatable bonds is 4. The summed E-state index contributed by atoms with van der Waals surface area (Å²) < 4.78 is 26.7. The molecule has 0 amide bonds. The zero-order valence-electron chi connectivity index (χ0n) is 12.6. The van der Waals surface area contributed by atoms with Crippen LogP contribution in [0.4, 0.5) is 5.69 Å². The number of aromatic nitrogens is 2. The third kappa shape index (κ3) is 2.66. The van der Waals surface area contributed by atoms with Crippen LogP contribution in [-0.4, -0.2) is 25.7 Å². The van der Waals surface area contributed by atoms with Gasteiger partial charge in [-0.15, -0.1) is 0 Å². The molecule has 0 unspecified atom stereocenters. The van der Waals surface area contributed by atoms with Crippen molar-refractivity contribution in [1.82, 2.24) is 10.2 Å². The monoisotopic (exact) mass is 308 g/mol. The summed E-state index contributed by atoms with van der Waals surface area (Å²) in [4.78, 5) is 0. The summed E-state index contributed by atoms with van der Waals surface area (Å²) in [7, 11) is -2.21. The summed E-state index contributed by atoms with van der Waals surface area (Å²) >= 11 is 0. The summed E-state index contributed by atoms with van der Waals surface area (Å²) in [6, 6.07) is 5.62. The predicted octanol–water partition coefficient (Wildman–Crippen LogP) is 1.62. The van der Waals surface area contributed by atoms with Crippen LogP contribution in [0, 0.1) is 20.8 Å². The lowest BCUT2D eigenvalue weighted by Gasteiger charge is -2.21. The minimum atomic E-state index is -3.74. The van der Waals surface area contributed by atoms with Gasteiger partial charge in [0.05, 0.1) is 5.69 Å². The van der Waals surface area contributed by atoms with Gasteiger partial charge in [0.1, 0.15) is 0 Å². The van der Waals surface area contributed by atoms with Crippen molar-refractivity contribution in [2.75, 3.05) is 11.4 Å². The lowest BCUT2D eigenvalue weighted by atomic mass is 10.1. The van der Waals surface area contributed by atoms with Crippen LogP contribution in [0.1, 0.15) is 22.4 Å². The first-order chi connectivity index (χ1) is 9.78. The molecule has 0 fully saturated rings. The Morgan fingerprint density at radius 3 is 2.52 bits per heavy atom. The highest BCUT2D eigenvalue weighted by molar-refractivity contribution is 7.92. The predicted molar refractivity (Wildman–Crippen MR) is 82.7 cm³/mol. The van der Waals surface area contributed by atoms with Crippen LogP contribution in [0.3, 0.4) is 0 Å². The second-order valence-corrected chi connectivity index (χ2v) is 6.98. The van der Waals surface area contributed by atoms with Gasteiger partial charge in [-0.3, -0.25) is 9.40 Å². The molecule has 0 radical (unpaired) electrons. The Balaban J connectivity index is 2.52. The van der Waals surface area contributed by atoms with Crippen LogP contribution < -0.4 is 10.0 Å². The summed E-state index contributed by atoms with van der Waals surface area (Å²) in [6.45, 7) is 5.73. The number of sulfonamides is 1. The number of nitrogens with zero attached hydrogens (tertiary/aromatic N) is 2. The van der Waals surface area contributed by atoms with Crippen LogP contribution in [-0.2, 0) is 16.6 Å². The molecule has 0 spiro atoms. The Kier molecular flexibility index (Phi) is 4.06. The average molecular weight is 308 g/mol. The highest BCUT2D eigenvalue weighted by atomic mass is 32.2. The first kappa shape index (κ1) is 15.5. The lowest BCUT2D eigenvalue weighted by molar-refractivity contribution is 0.588. The molecule has 0 bridgehead atoms. The third-order valence-corrected chi connectivity index (χ3v) is 5.28. The molecule has 6 nitrogen and oxygen atoms in total. The Labute approximate surface area is 125 Å². The SMILES string of the molecule is Cc1ccc(N(C)S(=O)(=O)c2n[nH]c(C)c2CN)c(C)c1. The van der Waals surface area contributed by atoms with Crippen molar-refractivity contribution in [3.63, 3.8) is 0 Å². The maximum Gasteiger partial charge on any atom is 0.283 e. The van der Waals surface area contributed by atoms with Gasteiger partial charge in [-0.25, -0.2) is 0 Å². The van der Waals surface area contributed by atoms with Crippen LogP contribution >= 0.6 is 0 Å². The van der Waals surface area contributed by atoms with Gasteiger partial charge in [0.25, 0.3) is 10.0 Å². The molecule has 0 atom stereocenters. The van der Waals surface area contributed by atoms with E-state index in [9.17, 15) is 8.42 Å². The van der Waals surface area contributed by atoms with Gasteiger partial charge < -0.3 is 5.73 Å². The van der Waals surface area contributed by atoms with E-state index in [0.29, 0.717) is 16.9 Å². The molecule has 1 aromatic carbocycles. The molecule has 2 aromatic rings. The molecule has 21 heavy (non-hydrogen) atoms. The maximum absolute atomic E-state index is 12.8. The molecule has 0 aliphatic heterocycles. The van der Waals surface area contributed by atoms with E-state index in [1.807, 2.05) is 26.0 Å². The van der Waals surface area contributed by atoms with Crippen LogP contribution in [0.15, 0.2) is 23.2 Å². The molecule has 1 aromatic heterocycles. The van der Waals surface area contributed by atoms with E-state index in [1.54, 1.807) is 13.0 Å². The Bertz CT molecular complexity index is 765. The number of H-pyrrole nitrogens is 1. The van der Waals surface area contributed by atoms with Gasteiger partial charge in [0, 0.05) is 24.8 Å². The van der Waals surface area contributed by atoms with Gasteiger partial charge in [-0.2, -0.15) is 13.5 Å². The third-order valence-electron chi connectivity index (χ3n) is 3.54. The molecule has 0 saturated carbocycles. The number of aryl methyl sites for hydroxylation is 3. The highest BCUT2D eigenvalue weighted by Gasteiger charge is 2.28. The van der Waals surface area contributed by atoms with E-state index in [0.717, 1.165) is 11.1 Å². The summed E-state index contributed by atoms with van der Waals surface area (Å²) in [6.07, 6.45) is 0. The smallest absolute Gasteiger partial charge is 0.283 e. The van der Waals surface area contributed by atoms with E-state index < -0.39 is 10.0 Å². The normalized spacial score (nSPS) is 11.7. The first-order valence-electron chi connectivity index (χ1n) is 6.59. The zero-order chi connectivity index (χ0) is 15.8. The number of hydrogen-bond acceptors (Lipinski definition) is 4. The standard InChI is InChI=1S/C14H20N4O2S/c1-9-5-6-13(10(2)7-9)18(4)21(19,20)14-12(8-15)11(3)16-17-14/h5-7H,8,15H2,1-4H3,(H,16,17). The minimum absolute atomic E-state index is 0.00928. The van der Waals surface area contributed by atoms with E-state index in [2.05, 4.69) is 10.2 Å². The van der Waals surface area contributed by atoms with E-state index in [-0.39, 0.29) is 11.6 Å². The van der Waals surface area contributed by atoms with Crippen molar-refractivity contribution in [2.24, 2.45) is 5.73 Å². The molecule has 7 heteroatoms. The number of aromatic amines is 1. The van der Waals surface area contributed by atoms with Gasteiger partial charge in [-0.1, -0.05) is 17.7 Å². The van der Waals surface area contributed by atoms with E-state index in [1.165, 1.54) is 11.4 Å². The lowest BCUT2D eigenvalue weighted by Crippen LogP contribution is -2.28. The number of benzene rings is 1. The molecule has 1 heterocycles. The van der Waals surface area contributed by atoms with E-state index >= 15 is 0 Å². The molecule has 114 valence electrons. The number of nitrogens with two attached hydrogens (primary N) is 1. The largest absolute Gasteiger partial charge is 0.326 e. The maximum atomic E-state index is 12.8. The van der Waals surface area contributed by atoms with Crippen LogP contribution in [0.5, 0.6) is 0 Å². The first-order valence-corrected chi connectivity index (χ1v) is 8.03. The summed E-state index contributed by atoms with van der Waals surface area (Å²) in [5.74, 6) is 0. The molecule has 0 aliphatic rings. The Morgan fingerprint density at radius 2 is 1.95 bits per heavy atom. The molecule has 3 N–H and O–H groups in total. The number of anilines is 1. The van der Waals surface area contributed by atoms with Gasteiger partial charge >= 0.3 is 0 Å². The quantitative estimate of drug-likeness (QED) is 0.897.